The van der Waals surface area contributed by atoms with E-state index in [1.165, 1.54) is 0 Å². The molecule has 0 saturated heterocycles. The first kappa shape index (κ1) is 13.1. The minimum absolute atomic E-state index is 0.0798. The molecule has 3 nitrogen and oxygen atoms in total. The van der Waals surface area contributed by atoms with Crippen molar-refractivity contribution < 1.29 is 9.59 Å². The first-order valence-corrected chi connectivity index (χ1v) is 6.74. The highest BCUT2D eigenvalue weighted by Crippen LogP contribution is 2.30. The predicted octanol–water partition coefficient (Wildman–Crippen LogP) is 3.24. The Balaban J connectivity index is 1.92. The largest absolute Gasteiger partial charge is 0.326 e. The second-order valence-electron chi connectivity index (χ2n) is 4.56. The molecule has 1 saturated carbocycles. The molecule has 1 N–H and O–H groups in total. The highest BCUT2D eigenvalue weighted by molar-refractivity contribution is 6.18. The van der Waals surface area contributed by atoms with E-state index in [-0.39, 0.29) is 17.6 Å². The molecule has 1 amide bonds. The minimum Gasteiger partial charge on any atom is -0.326 e. The molecule has 0 aliphatic heterocycles. The van der Waals surface area contributed by atoms with Crippen LogP contribution in [0.3, 0.4) is 0 Å². The molecular weight excluding hydrogens is 250 g/mol. The Labute approximate surface area is 112 Å². The van der Waals surface area contributed by atoms with Crippen LogP contribution in [0.15, 0.2) is 24.3 Å². The summed E-state index contributed by atoms with van der Waals surface area (Å²) >= 11 is 5.55. The number of hydrogen-bond acceptors (Lipinski definition) is 2. The molecule has 0 atom stereocenters. The monoisotopic (exact) mass is 265 g/mol. The third kappa shape index (κ3) is 3.57. The van der Waals surface area contributed by atoms with Gasteiger partial charge in [-0.15, -0.1) is 11.6 Å². The number of anilines is 1. The summed E-state index contributed by atoms with van der Waals surface area (Å²) in [5.74, 6) is 0.864. The van der Waals surface area contributed by atoms with Crippen LogP contribution in [-0.4, -0.2) is 17.6 Å². The average Bonchev–Trinajstić information content (AvgIpc) is 3.21. The number of amides is 1. The highest BCUT2D eigenvalue weighted by atomic mass is 35.5. The van der Waals surface area contributed by atoms with Crippen molar-refractivity contribution in [1.82, 2.24) is 0 Å². The Morgan fingerprint density at radius 3 is 2.44 bits per heavy atom. The number of nitrogens with one attached hydrogen (secondary N) is 1. The van der Waals surface area contributed by atoms with E-state index in [1.54, 1.807) is 24.3 Å². The normalized spacial score (nSPS) is 14.3. The van der Waals surface area contributed by atoms with E-state index in [4.69, 9.17) is 11.6 Å². The SMILES string of the molecule is O=C(CCCCl)c1ccc(NC(=O)C2CC2)cc1. The van der Waals surface area contributed by atoms with E-state index in [1.807, 2.05) is 0 Å². The molecular formula is C14H16ClNO2. The number of ketones is 1. The fourth-order valence-corrected chi connectivity index (χ4v) is 1.83. The number of alkyl halides is 1. The molecule has 96 valence electrons. The topological polar surface area (TPSA) is 46.2 Å². The molecule has 2 rings (SSSR count). The van der Waals surface area contributed by atoms with Gasteiger partial charge in [0, 0.05) is 29.5 Å². The number of rotatable bonds is 6. The Hall–Kier alpha value is -1.35. The molecule has 1 aromatic rings. The van der Waals surface area contributed by atoms with Crippen molar-refractivity contribution in [2.75, 3.05) is 11.2 Å². The lowest BCUT2D eigenvalue weighted by molar-refractivity contribution is -0.117. The van der Waals surface area contributed by atoms with Crippen molar-refractivity contribution in [1.29, 1.82) is 0 Å². The summed E-state index contributed by atoms with van der Waals surface area (Å²) in [4.78, 5) is 23.3. The summed E-state index contributed by atoms with van der Waals surface area (Å²) in [5.41, 5.74) is 1.42. The van der Waals surface area contributed by atoms with Crippen molar-refractivity contribution in [3.8, 4) is 0 Å². The standard InChI is InChI=1S/C14H16ClNO2/c15-9-1-2-13(17)10-5-7-12(8-6-10)16-14(18)11-3-4-11/h5-8,11H,1-4,9H2,(H,16,18). The van der Waals surface area contributed by atoms with Gasteiger partial charge in [-0.05, 0) is 43.5 Å². The molecule has 0 radical (unpaired) electrons. The maximum atomic E-state index is 11.7. The van der Waals surface area contributed by atoms with Gasteiger partial charge < -0.3 is 5.32 Å². The number of halogens is 1. The van der Waals surface area contributed by atoms with Crippen LogP contribution in [0.25, 0.3) is 0 Å². The van der Waals surface area contributed by atoms with Gasteiger partial charge in [-0.2, -0.15) is 0 Å². The zero-order valence-corrected chi connectivity index (χ0v) is 10.9. The zero-order valence-electron chi connectivity index (χ0n) is 10.1. The van der Waals surface area contributed by atoms with Crippen molar-refractivity contribution in [2.24, 2.45) is 5.92 Å². The Kier molecular flexibility index (Phi) is 4.37. The number of hydrogen-bond donors (Lipinski definition) is 1. The van der Waals surface area contributed by atoms with Gasteiger partial charge in [-0.1, -0.05) is 0 Å². The smallest absolute Gasteiger partial charge is 0.227 e. The minimum atomic E-state index is 0.0798. The maximum Gasteiger partial charge on any atom is 0.227 e. The molecule has 18 heavy (non-hydrogen) atoms. The van der Waals surface area contributed by atoms with Gasteiger partial charge in [0.15, 0.2) is 5.78 Å². The molecule has 1 fully saturated rings. The van der Waals surface area contributed by atoms with Crippen molar-refractivity contribution in [2.45, 2.75) is 25.7 Å². The van der Waals surface area contributed by atoms with Crippen LogP contribution in [0.5, 0.6) is 0 Å². The molecule has 1 aromatic carbocycles. The lowest BCUT2D eigenvalue weighted by Gasteiger charge is -2.05. The lowest BCUT2D eigenvalue weighted by Crippen LogP contribution is -2.13. The van der Waals surface area contributed by atoms with E-state index in [9.17, 15) is 9.59 Å². The molecule has 0 spiro atoms. The van der Waals surface area contributed by atoms with Gasteiger partial charge >= 0.3 is 0 Å². The first-order valence-electron chi connectivity index (χ1n) is 6.21. The van der Waals surface area contributed by atoms with Crippen LogP contribution in [0.4, 0.5) is 5.69 Å². The fraction of sp³-hybridized carbons (Fsp3) is 0.429. The van der Waals surface area contributed by atoms with Gasteiger partial charge in [-0.3, -0.25) is 9.59 Å². The number of carbonyl (C=O) groups is 2. The Morgan fingerprint density at radius 1 is 1.22 bits per heavy atom. The van der Waals surface area contributed by atoms with Crippen molar-refractivity contribution in [3.63, 3.8) is 0 Å². The molecule has 1 aliphatic carbocycles. The van der Waals surface area contributed by atoms with Crippen LogP contribution in [0, 0.1) is 5.92 Å². The summed E-state index contributed by atoms with van der Waals surface area (Å²) in [5, 5.41) is 2.84. The van der Waals surface area contributed by atoms with Crippen LogP contribution in [-0.2, 0) is 4.79 Å². The van der Waals surface area contributed by atoms with Crippen LogP contribution >= 0.6 is 11.6 Å². The van der Waals surface area contributed by atoms with E-state index >= 15 is 0 Å². The molecule has 0 bridgehead atoms. The summed E-state index contributed by atoms with van der Waals surface area (Å²) in [6.07, 6.45) is 3.14. The molecule has 1 aliphatic rings. The third-order valence-corrected chi connectivity index (χ3v) is 3.23. The van der Waals surface area contributed by atoms with Gasteiger partial charge in [0.2, 0.25) is 5.91 Å². The summed E-state index contributed by atoms with van der Waals surface area (Å²) in [7, 11) is 0. The fourth-order valence-electron chi connectivity index (χ4n) is 1.70. The van der Waals surface area contributed by atoms with Crippen LogP contribution < -0.4 is 5.32 Å². The highest BCUT2D eigenvalue weighted by Gasteiger charge is 2.29. The van der Waals surface area contributed by atoms with E-state index in [2.05, 4.69) is 5.32 Å². The Morgan fingerprint density at radius 2 is 1.89 bits per heavy atom. The van der Waals surface area contributed by atoms with Gasteiger partial charge in [0.1, 0.15) is 0 Å². The van der Waals surface area contributed by atoms with E-state index in [0.29, 0.717) is 24.3 Å². The van der Waals surface area contributed by atoms with Crippen LogP contribution in [0.1, 0.15) is 36.0 Å². The van der Waals surface area contributed by atoms with Gasteiger partial charge in [0.05, 0.1) is 0 Å². The Bertz CT molecular complexity index is 438. The van der Waals surface area contributed by atoms with E-state index < -0.39 is 0 Å². The molecule has 0 heterocycles. The second kappa shape index (κ2) is 6.01. The summed E-state index contributed by atoms with van der Waals surface area (Å²) in [6, 6.07) is 7.04. The van der Waals surface area contributed by atoms with Crippen molar-refractivity contribution >= 4 is 29.0 Å². The van der Waals surface area contributed by atoms with Gasteiger partial charge in [0.25, 0.3) is 0 Å². The van der Waals surface area contributed by atoms with Crippen molar-refractivity contribution in [3.05, 3.63) is 29.8 Å². The average molecular weight is 266 g/mol. The van der Waals surface area contributed by atoms with E-state index in [0.717, 1.165) is 18.5 Å². The van der Waals surface area contributed by atoms with Crippen LogP contribution in [0.2, 0.25) is 0 Å². The quantitative estimate of drug-likeness (QED) is 0.634. The molecule has 0 unspecified atom stereocenters. The summed E-state index contributed by atoms with van der Waals surface area (Å²) < 4.78 is 0. The number of benzene rings is 1. The lowest BCUT2D eigenvalue weighted by atomic mass is 10.1. The zero-order chi connectivity index (χ0) is 13.0. The molecule has 4 heteroatoms. The summed E-state index contributed by atoms with van der Waals surface area (Å²) in [6.45, 7) is 0. The predicted molar refractivity (Wildman–Crippen MR) is 72.1 cm³/mol. The maximum absolute atomic E-state index is 11.7. The first-order chi connectivity index (χ1) is 8.70. The third-order valence-electron chi connectivity index (χ3n) is 2.96. The second-order valence-corrected chi connectivity index (χ2v) is 4.93. The molecule has 0 aromatic heterocycles. The number of carbonyl (C=O) groups excluding carboxylic acids is 2. The number of Topliss-reactive ketones (excluding diaryl/α,β-unsaturated/α-hetero) is 1. The van der Waals surface area contributed by atoms with Gasteiger partial charge in [-0.25, -0.2) is 0 Å².